The van der Waals surface area contributed by atoms with Crippen molar-refractivity contribution in [2.45, 2.75) is 25.7 Å². The summed E-state index contributed by atoms with van der Waals surface area (Å²) in [6.07, 6.45) is 5.20. The first kappa shape index (κ1) is 10.8. The van der Waals surface area contributed by atoms with Gasteiger partial charge in [-0.3, -0.25) is 0 Å². The zero-order valence-electron chi connectivity index (χ0n) is 10.4. The second-order valence-corrected chi connectivity index (χ2v) is 5.10. The Morgan fingerprint density at radius 2 is 1.18 bits per heavy atom. The highest BCUT2D eigenvalue weighted by molar-refractivity contribution is 5.82. The summed E-state index contributed by atoms with van der Waals surface area (Å²) in [4.78, 5) is 4.85. The predicted molar refractivity (Wildman–Crippen MR) is 73.7 cm³/mol. The van der Waals surface area contributed by atoms with E-state index < -0.39 is 0 Å². The van der Waals surface area contributed by atoms with E-state index >= 15 is 0 Å². The fourth-order valence-corrected chi connectivity index (χ4v) is 3.01. The van der Waals surface area contributed by atoms with Crippen molar-refractivity contribution in [3.63, 3.8) is 0 Å². The largest absolute Gasteiger partial charge is 0.395 e. The summed E-state index contributed by atoms with van der Waals surface area (Å²) < 4.78 is 0. The van der Waals surface area contributed by atoms with Crippen LogP contribution in [0.2, 0.25) is 0 Å². The maximum Gasteiger partial charge on any atom is 0.0789 e. The Kier molecular flexibility index (Phi) is 2.83. The lowest BCUT2D eigenvalue weighted by molar-refractivity contribution is 0.949. The lowest BCUT2D eigenvalue weighted by Gasteiger charge is -2.25. The van der Waals surface area contributed by atoms with Crippen LogP contribution < -0.4 is 15.5 Å². The van der Waals surface area contributed by atoms with Gasteiger partial charge in [-0.05, 0) is 37.8 Å². The number of nitrogens with two attached hydrogens (primary N) is 1. The summed E-state index contributed by atoms with van der Waals surface area (Å²) in [5, 5.41) is 0. The van der Waals surface area contributed by atoms with Crippen molar-refractivity contribution >= 4 is 17.1 Å². The smallest absolute Gasteiger partial charge is 0.0789 e. The summed E-state index contributed by atoms with van der Waals surface area (Å²) in [7, 11) is 0. The molecule has 17 heavy (non-hydrogen) atoms. The first-order chi connectivity index (χ1) is 8.36. The Balaban J connectivity index is 1.91. The van der Waals surface area contributed by atoms with E-state index in [0.29, 0.717) is 0 Å². The molecule has 0 aliphatic carbocycles. The van der Waals surface area contributed by atoms with Crippen LogP contribution in [0.1, 0.15) is 25.7 Å². The van der Waals surface area contributed by atoms with Crippen molar-refractivity contribution in [1.29, 1.82) is 0 Å². The highest BCUT2D eigenvalue weighted by Crippen LogP contribution is 2.35. The fourth-order valence-electron chi connectivity index (χ4n) is 3.01. The molecule has 3 heteroatoms. The lowest BCUT2D eigenvalue weighted by Crippen LogP contribution is -2.23. The third kappa shape index (κ3) is 1.94. The van der Waals surface area contributed by atoms with Crippen molar-refractivity contribution in [2.75, 3.05) is 41.7 Å². The Labute approximate surface area is 103 Å². The number of rotatable bonds is 2. The van der Waals surface area contributed by atoms with Gasteiger partial charge in [0.25, 0.3) is 0 Å². The molecular formula is C14H21N3. The van der Waals surface area contributed by atoms with Crippen LogP contribution >= 0.6 is 0 Å². The third-order valence-electron chi connectivity index (χ3n) is 3.95. The number of hydrogen-bond acceptors (Lipinski definition) is 3. The van der Waals surface area contributed by atoms with Gasteiger partial charge in [0.1, 0.15) is 0 Å². The minimum atomic E-state index is 0.983. The Hall–Kier alpha value is -1.38. The van der Waals surface area contributed by atoms with E-state index in [2.05, 4.69) is 28.0 Å². The zero-order valence-corrected chi connectivity index (χ0v) is 10.4. The van der Waals surface area contributed by atoms with Gasteiger partial charge in [0, 0.05) is 26.2 Å². The van der Waals surface area contributed by atoms with Crippen LogP contribution in [0.3, 0.4) is 0 Å². The van der Waals surface area contributed by atoms with E-state index in [1.54, 1.807) is 0 Å². The van der Waals surface area contributed by atoms with E-state index in [4.69, 9.17) is 5.73 Å². The molecule has 2 heterocycles. The molecule has 3 rings (SSSR count). The first-order valence-electron chi connectivity index (χ1n) is 6.74. The fraction of sp³-hybridized carbons (Fsp3) is 0.571. The maximum atomic E-state index is 6.36. The minimum Gasteiger partial charge on any atom is -0.395 e. The van der Waals surface area contributed by atoms with Gasteiger partial charge in [-0.1, -0.05) is 6.07 Å². The summed E-state index contributed by atoms with van der Waals surface area (Å²) in [5.41, 5.74) is 9.83. The topological polar surface area (TPSA) is 32.5 Å². The van der Waals surface area contributed by atoms with Crippen molar-refractivity contribution in [2.24, 2.45) is 0 Å². The molecule has 0 atom stereocenters. The molecule has 0 amide bonds. The van der Waals surface area contributed by atoms with Gasteiger partial charge in [0.05, 0.1) is 17.1 Å². The number of hydrogen-bond donors (Lipinski definition) is 1. The van der Waals surface area contributed by atoms with E-state index in [-0.39, 0.29) is 0 Å². The van der Waals surface area contributed by atoms with Crippen molar-refractivity contribution in [3.8, 4) is 0 Å². The average molecular weight is 231 g/mol. The van der Waals surface area contributed by atoms with E-state index in [1.807, 2.05) is 0 Å². The molecule has 1 aromatic rings. The average Bonchev–Trinajstić information content (AvgIpc) is 3.02. The van der Waals surface area contributed by atoms with E-state index in [1.165, 1.54) is 37.1 Å². The van der Waals surface area contributed by atoms with Crippen LogP contribution in [-0.2, 0) is 0 Å². The van der Waals surface area contributed by atoms with Crippen LogP contribution in [0, 0.1) is 0 Å². The molecule has 0 bridgehead atoms. The van der Waals surface area contributed by atoms with Crippen molar-refractivity contribution < 1.29 is 0 Å². The molecule has 0 radical (unpaired) electrons. The number of benzene rings is 1. The second kappa shape index (κ2) is 4.47. The Morgan fingerprint density at radius 1 is 0.765 bits per heavy atom. The van der Waals surface area contributed by atoms with Gasteiger partial charge >= 0.3 is 0 Å². The van der Waals surface area contributed by atoms with Crippen molar-refractivity contribution in [1.82, 2.24) is 0 Å². The highest BCUT2D eigenvalue weighted by Gasteiger charge is 2.20. The summed E-state index contributed by atoms with van der Waals surface area (Å²) in [5.74, 6) is 0. The van der Waals surface area contributed by atoms with Gasteiger partial charge in [-0.25, -0.2) is 0 Å². The second-order valence-electron chi connectivity index (χ2n) is 5.10. The van der Waals surface area contributed by atoms with Crippen LogP contribution in [0.5, 0.6) is 0 Å². The number of nitrogen functional groups attached to an aromatic ring is 1. The van der Waals surface area contributed by atoms with Gasteiger partial charge in [-0.2, -0.15) is 0 Å². The molecule has 3 nitrogen and oxygen atoms in total. The van der Waals surface area contributed by atoms with Gasteiger partial charge in [0.15, 0.2) is 0 Å². The van der Waals surface area contributed by atoms with Crippen LogP contribution in [-0.4, -0.2) is 26.2 Å². The monoisotopic (exact) mass is 231 g/mol. The Morgan fingerprint density at radius 3 is 1.59 bits per heavy atom. The number of nitrogens with zero attached hydrogens (tertiary/aromatic N) is 2. The number of anilines is 3. The molecule has 2 aliphatic heterocycles. The maximum absolute atomic E-state index is 6.36. The van der Waals surface area contributed by atoms with Gasteiger partial charge in [-0.15, -0.1) is 0 Å². The molecule has 2 saturated heterocycles. The standard InChI is InChI=1S/C14H21N3/c15-14-12(16-8-1-2-9-16)6-5-7-13(14)17-10-3-4-11-17/h5-7H,1-4,8-11,15H2. The molecule has 2 N–H and O–H groups in total. The molecule has 0 spiro atoms. The van der Waals surface area contributed by atoms with Crippen LogP contribution in [0.15, 0.2) is 18.2 Å². The van der Waals surface area contributed by atoms with Gasteiger partial charge < -0.3 is 15.5 Å². The molecular weight excluding hydrogens is 210 g/mol. The SMILES string of the molecule is Nc1c(N2CCCC2)cccc1N1CCCC1. The summed E-state index contributed by atoms with van der Waals surface area (Å²) in [6, 6.07) is 6.48. The third-order valence-corrected chi connectivity index (χ3v) is 3.95. The molecule has 2 aliphatic rings. The predicted octanol–water partition coefficient (Wildman–Crippen LogP) is 2.47. The number of para-hydroxylation sites is 1. The van der Waals surface area contributed by atoms with Gasteiger partial charge in [0.2, 0.25) is 0 Å². The Bertz CT molecular complexity index is 356. The van der Waals surface area contributed by atoms with Crippen LogP contribution in [0.4, 0.5) is 17.1 Å². The molecule has 1 aromatic carbocycles. The first-order valence-corrected chi connectivity index (χ1v) is 6.74. The molecule has 0 saturated carbocycles. The molecule has 2 fully saturated rings. The van der Waals surface area contributed by atoms with Crippen molar-refractivity contribution in [3.05, 3.63) is 18.2 Å². The molecule has 0 unspecified atom stereocenters. The summed E-state index contributed by atoms with van der Waals surface area (Å²) in [6.45, 7) is 4.64. The van der Waals surface area contributed by atoms with E-state index in [9.17, 15) is 0 Å². The van der Waals surface area contributed by atoms with Crippen LogP contribution in [0.25, 0.3) is 0 Å². The van der Waals surface area contributed by atoms with E-state index in [0.717, 1.165) is 31.9 Å². The molecule has 0 aromatic heterocycles. The molecule has 92 valence electrons. The normalized spacial score (nSPS) is 20.2. The zero-order chi connectivity index (χ0) is 11.7. The minimum absolute atomic E-state index is 0.983. The quantitative estimate of drug-likeness (QED) is 0.794. The highest BCUT2D eigenvalue weighted by atomic mass is 15.2. The summed E-state index contributed by atoms with van der Waals surface area (Å²) >= 11 is 0. The lowest BCUT2D eigenvalue weighted by atomic mass is 10.2.